The Labute approximate surface area is 160 Å². The number of hydrogen-bond donors (Lipinski definition) is 0. The number of rotatable bonds is 7. The van der Waals surface area contributed by atoms with Gasteiger partial charge in [-0.05, 0) is 6.07 Å². The zero-order valence-corrected chi connectivity index (χ0v) is 13.9. The van der Waals surface area contributed by atoms with E-state index < -0.39 is 74.8 Å². The number of nitro benzene ring substituents is 6. The van der Waals surface area contributed by atoms with Crippen LogP contribution in [0.15, 0.2) is 24.3 Å². The van der Waals surface area contributed by atoms with Crippen molar-refractivity contribution in [2.24, 2.45) is 0 Å². The van der Waals surface area contributed by atoms with Crippen molar-refractivity contribution in [1.82, 2.24) is 0 Å². The Bertz CT molecular complexity index is 1120. The van der Waals surface area contributed by atoms with E-state index in [2.05, 4.69) is 0 Å². The van der Waals surface area contributed by atoms with Gasteiger partial charge in [0.15, 0.2) is 5.56 Å². The highest BCUT2D eigenvalue weighted by Gasteiger charge is 2.55. The van der Waals surface area contributed by atoms with Crippen LogP contribution < -0.4 is 0 Å². The van der Waals surface area contributed by atoms with Crippen LogP contribution in [0.4, 0.5) is 34.1 Å². The van der Waals surface area contributed by atoms with Crippen molar-refractivity contribution in [2.45, 2.75) is 0 Å². The molecule has 0 bridgehead atoms. The average Bonchev–Trinajstić information content (AvgIpc) is 2.64. The molecule has 0 aliphatic carbocycles. The summed E-state index contributed by atoms with van der Waals surface area (Å²) in [5.41, 5.74) is -13.4. The first-order valence-corrected chi connectivity index (χ1v) is 7.11. The van der Waals surface area contributed by atoms with Gasteiger partial charge in [0, 0.05) is 6.07 Å². The molecule has 0 aliphatic rings. The van der Waals surface area contributed by atoms with E-state index in [4.69, 9.17) is 0 Å². The first-order valence-electron chi connectivity index (χ1n) is 7.11. The number of hydrogen-bond acceptors (Lipinski definition) is 12. The van der Waals surface area contributed by atoms with Gasteiger partial charge in [-0.2, -0.15) is 0 Å². The van der Waals surface area contributed by atoms with Crippen LogP contribution in [0.2, 0.25) is 0 Å². The zero-order chi connectivity index (χ0) is 22.9. The highest BCUT2D eigenvalue weighted by atomic mass is 16.7. The lowest BCUT2D eigenvalue weighted by molar-refractivity contribution is -0.459. The molecule has 30 heavy (non-hydrogen) atoms. The number of para-hydroxylation sites is 1. The topological polar surface area (TPSA) is 259 Å². The van der Waals surface area contributed by atoms with E-state index in [1.165, 1.54) is 0 Å². The van der Waals surface area contributed by atoms with Crippen molar-refractivity contribution in [3.8, 4) is 11.1 Å². The molecule has 2 aromatic carbocycles. The van der Waals surface area contributed by atoms with E-state index in [0.29, 0.717) is 6.07 Å². The minimum absolute atomic E-state index is 0.715. The van der Waals surface area contributed by atoms with Crippen LogP contribution in [-0.2, 0) is 0 Å². The SMILES string of the molecule is O=[N+]([O-])c1ccccc1-c1c([N+](=O)[O-])c([N+](=O)[O-])c([N+](=O)[O-])c([N+](=O)[O-])c1[N+](=O)[O-]. The largest absolute Gasteiger partial charge is 0.437 e. The molecule has 0 aromatic heterocycles. The Kier molecular flexibility index (Phi) is 5.26. The number of nitro groups is 6. The molecule has 0 saturated carbocycles. The Morgan fingerprint density at radius 2 is 0.800 bits per heavy atom. The molecule has 18 nitrogen and oxygen atoms in total. The summed E-state index contributed by atoms with van der Waals surface area (Å²) in [7, 11) is 0. The predicted octanol–water partition coefficient (Wildman–Crippen LogP) is 2.80. The van der Waals surface area contributed by atoms with E-state index in [1.54, 1.807) is 0 Å². The third-order valence-electron chi connectivity index (χ3n) is 3.65. The average molecular weight is 424 g/mol. The van der Waals surface area contributed by atoms with Gasteiger partial charge in [-0.15, -0.1) is 0 Å². The van der Waals surface area contributed by atoms with Gasteiger partial charge in [0.1, 0.15) is 0 Å². The van der Waals surface area contributed by atoms with Crippen molar-refractivity contribution >= 4 is 34.1 Å². The molecular weight excluding hydrogens is 420 g/mol. The van der Waals surface area contributed by atoms with Crippen LogP contribution >= 0.6 is 0 Å². The Balaban J connectivity index is 3.41. The summed E-state index contributed by atoms with van der Waals surface area (Å²) in [5, 5.41) is 68.4. The molecule has 2 aromatic rings. The first kappa shape index (κ1) is 21.1. The molecule has 0 heterocycles. The summed E-state index contributed by atoms with van der Waals surface area (Å²) < 4.78 is 0. The van der Waals surface area contributed by atoms with Gasteiger partial charge in [-0.1, -0.05) is 12.1 Å². The fourth-order valence-electron chi connectivity index (χ4n) is 2.66. The van der Waals surface area contributed by atoms with Gasteiger partial charge < -0.3 is 0 Å². The van der Waals surface area contributed by atoms with Crippen molar-refractivity contribution in [3.63, 3.8) is 0 Å². The number of benzene rings is 2. The lowest BCUT2D eigenvalue weighted by atomic mass is 9.96. The van der Waals surface area contributed by atoms with Gasteiger partial charge >= 0.3 is 28.4 Å². The summed E-state index contributed by atoms with van der Waals surface area (Å²) in [6.45, 7) is 0. The lowest BCUT2D eigenvalue weighted by Gasteiger charge is -2.07. The van der Waals surface area contributed by atoms with Crippen LogP contribution in [0, 0.1) is 60.7 Å². The second-order valence-electron chi connectivity index (χ2n) is 5.18. The maximum atomic E-state index is 11.5. The van der Waals surface area contributed by atoms with Gasteiger partial charge in [-0.3, -0.25) is 60.7 Å². The molecule has 0 saturated heterocycles. The van der Waals surface area contributed by atoms with Crippen molar-refractivity contribution < 1.29 is 29.5 Å². The van der Waals surface area contributed by atoms with Gasteiger partial charge in [-0.25, -0.2) is 0 Å². The third kappa shape index (κ3) is 3.26. The van der Waals surface area contributed by atoms with Crippen LogP contribution in [-0.4, -0.2) is 29.5 Å². The standard InChI is InChI=1S/C12H4N6O12/c19-13(20)6-4-2-1-3-5(6)7-8(14(21)22)10(16(25)26)12(18(29)30)11(17(27)28)9(7)15(23)24/h1-4H. The summed E-state index contributed by atoms with van der Waals surface area (Å²) >= 11 is 0. The van der Waals surface area contributed by atoms with Crippen LogP contribution in [0.5, 0.6) is 0 Å². The fraction of sp³-hybridized carbons (Fsp3) is 0. The smallest absolute Gasteiger partial charge is 0.258 e. The van der Waals surface area contributed by atoms with E-state index in [1.807, 2.05) is 0 Å². The molecule has 18 heteroatoms. The molecule has 0 aliphatic heterocycles. The summed E-state index contributed by atoms with van der Waals surface area (Å²) in [6, 6.07) is 3.50. The van der Waals surface area contributed by atoms with Gasteiger partial charge in [0.05, 0.1) is 35.1 Å². The molecule has 0 spiro atoms. The minimum atomic E-state index is -2.11. The lowest BCUT2D eigenvalue weighted by Crippen LogP contribution is -2.10. The maximum absolute atomic E-state index is 11.5. The van der Waals surface area contributed by atoms with Crippen molar-refractivity contribution in [3.05, 3.63) is 85.0 Å². The van der Waals surface area contributed by atoms with E-state index >= 15 is 0 Å². The zero-order valence-electron chi connectivity index (χ0n) is 13.9. The van der Waals surface area contributed by atoms with Crippen molar-refractivity contribution in [2.75, 3.05) is 0 Å². The second kappa shape index (κ2) is 7.46. The summed E-state index contributed by atoms with van der Waals surface area (Å²) in [4.78, 5) is 58.8. The monoisotopic (exact) mass is 424 g/mol. The molecule has 0 atom stereocenters. The molecule has 2 rings (SSSR count). The normalized spacial score (nSPS) is 10.3. The third-order valence-corrected chi connectivity index (χ3v) is 3.65. The van der Waals surface area contributed by atoms with Gasteiger partial charge in [0.25, 0.3) is 5.69 Å². The van der Waals surface area contributed by atoms with Gasteiger partial charge in [0.2, 0.25) is 0 Å². The molecular formula is C12H4N6O12. The molecule has 0 amide bonds. The predicted molar refractivity (Wildman–Crippen MR) is 91.8 cm³/mol. The molecule has 0 radical (unpaired) electrons. The highest BCUT2D eigenvalue weighted by molar-refractivity contribution is 5.99. The van der Waals surface area contributed by atoms with E-state index in [9.17, 15) is 60.7 Å². The molecule has 0 N–H and O–H groups in total. The van der Waals surface area contributed by atoms with E-state index in [-0.39, 0.29) is 0 Å². The minimum Gasteiger partial charge on any atom is -0.258 e. The molecule has 0 fully saturated rings. The summed E-state index contributed by atoms with van der Waals surface area (Å²) in [6.07, 6.45) is 0. The maximum Gasteiger partial charge on any atom is 0.437 e. The van der Waals surface area contributed by atoms with Crippen LogP contribution in [0.1, 0.15) is 0 Å². The number of nitrogens with zero attached hydrogens (tertiary/aromatic N) is 6. The fourth-order valence-corrected chi connectivity index (χ4v) is 2.66. The highest BCUT2D eigenvalue weighted by Crippen LogP contribution is 2.56. The Morgan fingerprint density at radius 1 is 0.467 bits per heavy atom. The first-order chi connectivity index (χ1) is 13.9. The van der Waals surface area contributed by atoms with E-state index in [0.717, 1.165) is 18.2 Å². The Morgan fingerprint density at radius 3 is 1.13 bits per heavy atom. The van der Waals surface area contributed by atoms with Crippen LogP contribution in [0.3, 0.4) is 0 Å². The quantitative estimate of drug-likeness (QED) is 0.458. The molecule has 154 valence electrons. The van der Waals surface area contributed by atoms with Crippen molar-refractivity contribution in [1.29, 1.82) is 0 Å². The van der Waals surface area contributed by atoms with Crippen LogP contribution in [0.25, 0.3) is 11.1 Å². The Hall–Kier alpha value is -5.16. The second-order valence-corrected chi connectivity index (χ2v) is 5.18. The summed E-state index contributed by atoms with van der Waals surface area (Å²) in [5.74, 6) is 0. The molecule has 0 unspecified atom stereocenters.